The second kappa shape index (κ2) is 23.1. The second-order valence-electron chi connectivity index (χ2n) is 17.3. The first-order chi connectivity index (χ1) is 35.1. The third kappa shape index (κ3) is 11.7. The lowest BCUT2D eigenvalue weighted by atomic mass is 9.97. The van der Waals surface area contributed by atoms with Gasteiger partial charge in [0, 0.05) is 89.1 Å². The minimum Gasteiger partial charge on any atom is -0.424 e. The third-order valence-corrected chi connectivity index (χ3v) is 12.5. The topological polar surface area (TPSA) is 309 Å². The standard InChI is InChI=1S/C48H59N17O7/c1-61(45(67)36-27-55-48(59-42(36)50)63-11-9-62(10-12-63)47-53-25-32(24-49)26-54-47)13-15-69-17-19-71-21-20-70-18-16-68-14-7-39(66)64-8-6-33-22-31(2-3-35(33)29-64)28-65-44-40(43(51)56-30-57-44)41(60-65)34-4-5-38-37(23-34)58-46(52)72-38/h2-5,22-23,25-27,30H,6-21,24,28-29,49H2,1H3,(H2,52,58)(H2,50,55,59)(H2,51,56,57). The van der Waals surface area contributed by atoms with Crippen molar-refractivity contribution in [2.75, 3.05) is 126 Å². The first-order valence-corrected chi connectivity index (χ1v) is 23.8. The Balaban J connectivity index is 0.607. The van der Waals surface area contributed by atoms with Gasteiger partial charge in [-0.3, -0.25) is 9.59 Å². The Morgan fingerprint density at radius 3 is 2.14 bits per heavy atom. The zero-order valence-electron chi connectivity index (χ0n) is 40.2. The molecule has 0 bridgehead atoms. The van der Waals surface area contributed by atoms with Crippen molar-refractivity contribution in [3.05, 3.63) is 89.1 Å². The maximum Gasteiger partial charge on any atom is 0.292 e. The molecule has 24 heteroatoms. The van der Waals surface area contributed by atoms with Gasteiger partial charge >= 0.3 is 0 Å². The Morgan fingerprint density at radius 2 is 1.42 bits per heavy atom. The molecule has 0 aliphatic carbocycles. The summed E-state index contributed by atoms with van der Waals surface area (Å²) in [5.74, 6) is 1.34. The number of carbonyl (C=O) groups is 2. The van der Waals surface area contributed by atoms with Crippen LogP contribution in [0.15, 0.2) is 65.7 Å². The van der Waals surface area contributed by atoms with Crippen molar-refractivity contribution in [1.82, 2.24) is 54.5 Å². The van der Waals surface area contributed by atoms with E-state index in [4.69, 9.17) is 51.4 Å². The minimum atomic E-state index is -0.290. The number of nitrogens with zero attached hydrogens (tertiary/aromatic N) is 13. The average Bonchev–Trinajstić information content (AvgIpc) is 3.97. The molecule has 2 aliphatic rings. The quantitative estimate of drug-likeness (QED) is 0.0705. The number of nitrogens with two attached hydrogens (primary N) is 4. The number of carbonyl (C=O) groups excluding carboxylic acids is 2. The van der Waals surface area contributed by atoms with Crippen molar-refractivity contribution < 1.29 is 33.0 Å². The van der Waals surface area contributed by atoms with Crippen LogP contribution in [0.1, 0.15) is 39.0 Å². The lowest BCUT2D eigenvalue weighted by Crippen LogP contribution is -2.47. The van der Waals surface area contributed by atoms with E-state index in [0.29, 0.717) is 157 Å². The molecule has 0 atom stereocenters. The number of ether oxygens (including phenoxy) is 4. The number of nitrogen functional groups attached to an aromatic ring is 3. The van der Waals surface area contributed by atoms with E-state index in [1.54, 1.807) is 25.5 Å². The molecule has 8 N–H and O–H groups in total. The first-order valence-electron chi connectivity index (χ1n) is 23.8. The van der Waals surface area contributed by atoms with Gasteiger partial charge in [-0.25, -0.2) is 29.6 Å². The van der Waals surface area contributed by atoms with E-state index in [1.807, 2.05) is 26.6 Å². The highest BCUT2D eigenvalue weighted by Crippen LogP contribution is 2.33. The average molecular weight is 986 g/mol. The molecule has 7 heterocycles. The highest BCUT2D eigenvalue weighted by Gasteiger charge is 2.25. The highest BCUT2D eigenvalue weighted by molar-refractivity contribution is 6.00. The summed E-state index contributed by atoms with van der Waals surface area (Å²) in [6.45, 7) is 7.96. The number of likely N-dealkylation sites (N-methyl/N-ethyl adjacent to an activating group) is 1. The van der Waals surface area contributed by atoms with Gasteiger partial charge in [-0.05, 0) is 41.3 Å². The summed E-state index contributed by atoms with van der Waals surface area (Å²) in [4.78, 5) is 64.5. The van der Waals surface area contributed by atoms with Crippen LogP contribution in [0.5, 0.6) is 0 Å². The molecule has 1 fully saturated rings. The van der Waals surface area contributed by atoms with Gasteiger partial charge < -0.3 is 65.9 Å². The summed E-state index contributed by atoms with van der Waals surface area (Å²) in [7, 11) is 1.68. The van der Waals surface area contributed by atoms with Crippen LogP contribution in [-0.2, 0) is 49.8 Å². The molecule has 0 spiro atoms. The van der Waals surface area contributed by atoms with E-state index >= 15 is 0 Å². The predicted molar refractivity (Wildman–Crippen MR) is 267 cm³/mol. The van der Waals surface area contributed by atoms with E-state index < -0.39 is 0 Å². The summed E-state index contributed by atoms with van der Waals surface area (Å²) < 4.78 is 29.9. The number of amides is 2. The fourth-order valence-electron chi connectivity index (χ4n) is 8.54. The maximum atomic E-state index is 13.1. The number of piperazine rings is 1. The minimum absolute atomic E-state index is 0.0489. The van der Waals surface area contributed by atoms with Crippen molar-refractivity contribution in [2.45, 2.75) is 32.5 Å². The van der Waals surface area contributed by atoms with E-state index in [0.717, 1.165) is 28.7 Å². The largest absolute Gasteiger partial charge is 0.424 e. The number of hydrogen-bond acceptors (Lipinski definition) is 21. The molecular formula is C48H59N17O7. The van der Waals surface area contributed by atoms with Crippen LogP contribution in [0.25, 0.3) is 33.4 Å². The molecule has 7 aromatic rings. The van der Waals surface area contributed by atoms with Gasteiger partial charge in [0.05, 0.1) is 71.2 Å². The Hall–Kier alpha value is -7.64. The molecule has 1 saturated heterocycles. The molecule has 2 amide bonds. The van der Waals surface area contributed by atoms with Crippen LogP contribution in [0, 0.1) is 0 Å². The summed E-state index contributed by atoms with van der Waals surface area (Å²) in [6, 6.07) is 12.0. The van der Waals surface area contributed by atoms with Gasteiger partial charge in [0.15, 0.2) is 11.2 Å². The number of benzene rings is 2. The Morgan fingerprint density at radius 1 is 0.722 bits per heavy atom. The molecule has 72 heavy (non-hydrogen) atoms. The number of hydrogen-bond donors (Lipinski definition) is 4. The van der Waals surface area contributed by atoms with Crippen molar-refractivity contribution in [3.8, 4) is 11.3 Å². The summed E-state index contributed by atoms with van der Waals surface area (Å²) in [5, 5.41) is 5.58. The monoisotopic (exact) mass is 985 g/mol. The fraction of sp³-hybridized carbons (Fsp3) is 0.417. The van der Waals surface area contributed by atoms with Gasteiger partial charge in [0.1, 0.15) is 34.7 Å². The molecular weight excluding hydrogens is 927 g/mol. The lowest BCUT2D eigenvalue weighted by Gasteiger charge is -2.34. The highest BCUT2D eigenvalue weighted by atomic mass is 16.6. The molecule has 0 unspecified atom stereocenters. The van der Waals surface area contributed by atoms with E-state index in [9.17, 15) is 9.59 Å². The van der Waals surface area contributed by atoms with Gasteiger partial charge in [-0.1, -0.05) is 18.2 Å². The zero-order valence-corrected chi connectivity index (χ0v) is 40.2. The van der Waals surface area contributed by atoms with Crippen LogP contribution in [0.3, 0.4) is 0 Å². The van der Waals surface area contributed by atoms with Crippen molar-refractivity contribution >= 4 is 63.5 Å². The van der Waals surface area contributed by atoms with Gasteiger partial charge in [0.25, 0.3) is 11.9 Å². The van der Waals surface area contributed by atoms with Gasteiger partial charge in [0.2, 0.25) is 17.8 Å². The molecule has 0 radical (unpaired) electrons. The smallest absolute Gasteiger partial charge is 0.292 e. The molecule has 5 aromatic heterocycles. The second-order valence-corrected chi connectivity index (χ2v) is 17.3. The Kier molecular flexibility index (Phi) is 15.8. The van der Waals surface area contributed by atoms with E-state index in [2.05, 4.69) is 58.0 Å². The molecule has 0 saturated carbocycles. The number of rotatable bonds is 22. The summed E-state index contributed by atoms with van der Waals surface area (Å²) in [5.41, 5.74) is 31.7. The van der Waals surface area contributed by atoms with Crippen LogP contribution in [0.4, 0.5) is 29.5 Å². The summed E-state index contributed by atoms with van der Waals surface area (Å²) >= 11 is 0. The number of anilines is 5. The molecule has 378 valence electrons. The lowest BCUT2D eigenvalue weighted by molar-refractivity contribution is -0.133. The van der Waals surface area contributed by atoms with Gasteiger partial charge in [-0.15, -0.1) is 0 Å². The number of fused-ring (bicyclic) bond motifs is 3. The molecule has 24 nitrogen and oxygen atoms in total. The van der Waals surface area contributed by atoms with Crippen LogP contribution in [-0.4, -0.2) is 165 Å². The SMILES string of the molecule is CN(CCOCCOCCOCCOCCC(=O)N1CCc2cc(Cn3nc(-c4ccc5oc(N)nc5c4)c4c(N)ncnc43)ccc2C1)C(=O)c1cnc(N2CCN(c3ncc(CN)cn3)CC2)nc1N. The molecule has 9 rings (SSSR count). The van der Waals surface area contributed by atoms with E-state index in [-0.39, 0.29) is 35.6 Å². The van der Waals surface area contributed by atoms with E-state index in [1.165, 1.54) is 23.0 Å². The maximum absolute atomic E-state index is 13.1. The summed E-state index contributed by atoms with van der Waals surface area (Å²) in [6.07, 6.45) is 7.43. The van der Waals surface area contributed by atoms with Crippen LogP contribution < -0.4 is 32.7 Å². The Bertz CT molecular complexity index is 2980. The molecule has 2 aromatic carbocycles. The first kappa shape index (κ1) is 49.3. The Labute approximate surface area is 414 Å². The number of oxazole rings is 1. The zero-order chi connectivity index (χ0) is 50.0. The fourth-order valence-corrected chi connectivity index (χ4v) is 8.54. The van der Waals surface area contributed by atoms with Crippen LogP contribution >= 0.6 is 0 Å². The van der Waals surface area contributed by atoms with Crippen molar-refractivity contribution in [3.63, 3.8) is 0 Å². The van der Waals surface area contributed by atoms with Crippen molar-refractivity contribution in [2.24, 2.45) is 5.73 Å². The molecule has 2 aliphatic heterocycles. The predicted octanol–water partition coefficient (Wildman–Crippen LogP) is 1.91. The third-order valence-electron chi connectivity index (χ3n) is 12.5. The number of aromatic nitrogens is 9. The van der Waals surface area contributed by atoms with Gasteiger partial charge in [-0.2, -0.15) is 15.1 Å². The van der Waals surface area contributed by atoms with Crippen molar-refractivity contribution in [1.29, 1.82) is 0 Å². The van der Waals surface area contributed by atoms with Crippen LogP contribution in [0.2, 0.25) is 0 Å². The normalized spacial score (nSPS) is 13.8.